The molecule has 1 aliphatic heterocycles. The molecule has 1 aliphatic carbocycles. The number of rotatable bonds is 8. The van der Waals surface area contributed by atoms with E-state index in [4.69, 9.17) is 15.0 Å². The van der Waals surface area contributed by atoms with Gasteiger partial charge in [0.1, 0.15) is 12.0 Å². The van der Waals surface area contributed by atoms with E-state index >= 15 is 0 Å². The van der Waals surface area contributed by atoms with Gasteiger partial charge in [-0.3, -0.25) is 14.3 Å². The van der Waals surface area contributed by atoms with E-state index < -0.39 is 5.69 Å². The predicted molar refractivity (Wildman–Crippen MR) is 148 cm³/mol. The van der Waals surface area contributed by atoms with Gasteiger partial charge >= 0.3 is 5.69 Å². The Morgan fingerprint density at radius 2 is 2.05 bits per heavy atom. The van der Waals surface area contributed by atoms with E-state index in [0.29, 0.717) is 40.1 Å². The number of carbonyl (C=O) groups is 1. The first kappa shape index (κ1) is 25.1. The number of nitrogens with zero attached hydrogens (tertiary/aromatic N) is 8. The lowest BCUT2D eigenvalue weighted by molar-refractivity contribution is 0.0952. The molecule has 0 atom stereocenters. The molecule has 1 saturated heterocycles. The summed E-state index contributed by atoms with van der Waals surface area (Å²) in [5, 5.41) is 18.0. The van der Waals surface area contributed by atoms with Crippen molar-refractivity contribution in [2.24, 2.45) is 4.99 Å². The average Bonchev–Trinajstić information content (AvgIpc) is 3.33. The molecule has 41 heavy (non-hydrogen) atoms. The number of nitrogens with one attached hydrogen (secondary N) is 3. The zero-order valence-electron chi connectivity index (χ0n) is 22.2. The molecule has 5 heterocycles. The number of H-pyrrole nitrogens is 2. The maximum absolute atomic E-state index is 12.8. The second kappa shape index (κ2) is 10.3. The van der Waals surface area contributed by atoms with Crippen LogP contribution in [0.2, 0.25) is 0 Å². The summed E-state index contributed by atoms with van der Waals surface area (Å²) in [7, 11) is 0. The molecular formula is C27H29N11O3. The Morgan fingerprint density at radius 3 is 2.83 bits per heavy atom. The lowest BCUT2D eigenvalue weighted by Gasteiger charge is -2.14. The smallest absolute Gasteiger partial charge is 0.326 e. The van der Waals surface area contributed by atoms with Gasteiger partial charge in [0.15, 0.2) is 5.65 Å². The van der Waals surface area contributed by atoms with Crippen molar-refractivity contribution in [3.05, 3.63) is 63.3 Å². The van der Waals surface area contributed by atoms with E-state index in [2.05, 4.69) is 30.3 Å². The number of benzene rings is 1. The Bertz CT molecular complexity index is 1940. The van der Waals surface area contributed by atoms with Crippen LogP contribution in [0.3, 0.4) is 0 Å². The maximum atomic E-state index is 12.8. The minimum absolute atomic E-state index is 0.128. The number of fused-ring (bicyclic) bond motifs is 2. The Labute approximate surface area is 232 Å². The van der Waals surface area contributed by atoms with E-state index in [1.807, 2.05) is 6.07 Å². The number of aromatic hydroxyl groups is 1. The van der Waals surface area contributed by atoms with Crippen molar-refractivity contribution < 1.29 is 9.90 Å². The number of amides is 1. The summed E-state index contributed by atoms with van der Waals surface area (Å²) < 4.78 is 3.28. The Hall–Kier alpha value is -4.85. The third-order valence-corrected chi connectivity index (χ3v) is 7.41. The van der Waals surface area contributed by atoms with Crippen molar-refractivity contribution in [2.45, 2.75) is 38.1 Å². The molecule has 14 heteroatoms. The first-order chi connectivity index (χ1) is 20.0. The fourth-order valence-corrected chi connectivity index (χ4v) is 5.10. The summed E-state index contributed by atoms with van der Waals surface area (Å²) in [5.74, 6) is -0.0736. The SMILES string of the molecule is O=C(NCCCN1CCCC1)c1ccc2c(c1)ncn2-c1nc(=NC2CC2)n2nc/c(=C/c3[nH]c(=O)[nH]c3O)c2n1. The lowest BCUT2D eigenvalue weighted by atomic mass is 10.2. The van der Waals surface area contributed by atoms with Crippen LogP contribution in [-0.4, -0.2) is 87.2 Å². The van der Waals surface area contributed by atoms with Gasteiger partial charge in [0, 0.05) is 17.3 Å². The Balaban J connectivity index is 1.20. The van der Waals surface area contributed by atoms with Gasteiger partial charge in [-0.15, -0.1) is 0 Å². The first-order valence-corrected chi connectivity index (χ1v) is 13.8. The quantitative estimate of drug-likeness (QED) is 0.194. The molecule has 0 unspecified atom stereocenters. The summed E-state index contributed by atoms with van der Waals surface area (Å²) in [6, 6.07) is 5.55. The molecule has 5 aromatic rings. The highest BCUT2D eigenvalue weighted by atomic mass is 16.3. The average molecular weight is 556 g/mol. The molecule has 4 aromatic heterocycles. The van der Waals surface area contributed by atoms with Crippen molar-refractivity contribution in [1.29, 1.82) is 0 Å². The molecule has 0 spiro atoms. The van der Waals surface area contributed by atoms with E-state index in [9.17, 15) is 14.7 Å². The normalized spacial score (nSPS) is 16.9. The van der Waals surface area contributed by atoms with Crippen LogP contribution in [0.5, 0.6) is 5.88 Å². The van der Waals surface area contributed by atoms with Crippen LogP contribution >= 0.6 is 0 Å². The highest BCUT2D eigenvalue weighted by Crippen LogP contribution is 2.22. The third kappa shape index (κ3) is 5.09. The molecule has 7 rings (SSSR count). The van der Waals surface area contributed by atoms with Crippen LogP contribution in [-0.2, 0) is 0 Å². The standard InChI is InChI=1S/C27H29N11O3/c39-23(28-8-3-11-36-9-1-2-10-36)16-4-7-21-19(12-16)29-15-37(21)25-33-22-17(13-20-24(40)34-27(41)32-20)14-30-38(22)26(35-25)31-18-5-6-18/h4,7,12-15,18,40H,1-3,5-6,8-11H2,(H,28,39)(H2,32,34,41)/b17-13-,31-26?. The maximum Gasteiger partial charge on any atom is 0.326 e. The molecular weight excluding hydrogens is 526 g/mol. The topological polar surface area (TPSA) is 174 Å². The number of hydrogen-bond acceptors (Lipinski definition) is 9. The highest BCUT2D eigenvalue weighted by molar-refractivity contribution is 5.97. The number of likely N-dealkylation sites (tertiary alicyclic amines) is 1. The summed E-state index contributed by atoms with van der Waals surface area (Å²) in [6.45, 7) is 3.93. The summed E-state index contributed by atoms with van der Waals surface area (Å²) in [4.78, 5) is 50.4. The second-order valence-electron chi connectivity index (χ2n) is 10.5. The predicted octanol–water partition coefficient (Wildman–Crippen LogP) is 0.0117. The van der Waals surface area contributed by atoms with Gasteiger partial charge in [-0.25, -0.2) is 14.8 Å². The van der Waals surface area contributed by atoms with E-state index in [1.54, 1.807) is 39.8 Å². The molecule has 1 aromatic carbocycles. The summed E-state index contributed by atoms with van der Waals surface area (Å²) in [6.07, 6.45) is 10.2. The number of aromatic amines is 2. The summed E-state index contributed by atoms with van der Waals surface area (Å²) >= 11 is 0. The zero-order chi connectivity index (χ0) is 27.9. The largest absolute Gasteiger partial charge is 0.493 e. The monoisotopic (exact) mass is 555 g/mol. The van der Waals surface area contributed by atoms with Gasteiger partial charge in [-0.05, 0) is 76.0 Å². The third-order valence-electron chi connectivity index (χ3n) is 7.41. The van der Waals surface area contributed by atoms with Crippen molar-refractivity contribution in [3.63, 3.8) is 0 Å². The van der Waals surface area contributed by atoms with Crippen LogP contribution < -0.4 is 21.8 Å². The second-order valence-corrected chi connectivity index (χ2v) is 10.5. The van der Waals surface area contributed by atoms with Gasteiger partial charge in [-0.1, -0.05) is 0 Å². The highest BCUT2D eigenvalue weighted by Gasteiger charge is 2.21. The molecule has 1 amide bonds. The van der Waals surface area contributed by atoms with Crippen LogP contribution in [0.1, 0.15) is 48.2 Å². The zero-order valence-corrected chi connectivity index (χ0v) is 22.2. The van der Waals surface area contributed by atoms with Gasteiger partial charge in [-0.2, -0.15) is 19.6 Å². The molecule has 14 nitrogen and oxygen atoms in total. The summed E-state index contributed by atoms with van der Waals surface area (Å²) in [5.41, 5.74) is 2.43. The van der Waals surface area contributed by atoms with Crippen LogP contribution in [0.4, 0.5) is 0 Å². The molecule has 0 radical (unpaired) electrons. The fourth-order valence-electron chi connectivity index (χ4n) is 5.10. The van der Waals surface area contributed by atoms with Crippen molar-refractivity contribution in [2.75, 3.05) is 26.2 Å². The van der Waals surface area contributed by atoms with E-state index in [0.717, 1.165) is 44.4 Å². The van der Waals surface area contributed by atoms with Gasteiger partial charge in [0.25, 0.3) is 11.5 Å². The Kier molecular flexibility index (Phi) is 6.30. The number of imidazole rings is 2. The van der Waals surface area contributed by atoms with Crippen molar-refractivity contribution >= 4 is 28.7 Å². The molecule has 2 fully saturated rings. The van der Waals surface area contributed by atoms with Crippen LogP contribution in [0, 0.1) is 0 Å². The van der Waals surface area contributed by atoms with Crippen LogP contribution in [0.25, 0.3) is 28.7 Å². The molecule has 210 valence electrons. The minimum atomic E-state index is -0.523. The van der Waals surface area contributed by atoms with Gasteiger partial charge in [0.05, 0.1) is 23.3 Å². The molecule has 0 bridgehead atoms. The minimum Gasteiger partial charge on any atom is -0.493 e. The van der Waals surface area contributed by atoms with Crippen molar-refractivity contribution in [3.8, 4) is 11.8 Å². The fraction of sp³-hybridized carbons (Fsp3) is 0.370. The Morgan fingerprint density at radius 1 is 1.20 bits per heavy atom. The first-order valence-electron chi connectivity index (χ1n) is 13.8. The molecule has 4 N–H and O–H groups in total. The van der Waals surface area contributed by atoms with Gasteiger partial charge < -0.3 is 20.3 Å². The molecule has 2 aliphatic rings. The van der Waals surface area contributed by atoms with E-state index in [1.165, 1.54) is 12.8 Å². The van der Waals surface area contributed by atoms with Gasteiger partial charge in [0.2, 0.25) is 11.8 Å². The van der Waals surface area contributed by atoms with Crippen molar-refractivity contribution in [1.82, 2.24) is 49.3 Å². The van der Waals surface area contributed by atoms with E-state index in [-0.39, 0.29) is 23.5 Å². The molecule has 1 saturated carbocycles. The van der Waals surface area contributed by atoms with Crippen LogP contribution in [0.15, 0.2) is 40.5 Å². The lowest BCUT2D eigenvalue weighted by Crippen LogP contribution is -2.28. The number of carbonyl (C=O) groups excluding carboxylic acids is 1. The number of hydrogen-bond donors (Lipinski definition) is 4. The number of aromatic nitrogens is 8.